The monoisotopic (exact) mass is 447 g/mol. The first-order valence-electron chi connectivity index (χ1n) is 2.74. The molecule has 0 aromatic rings. The van der Waals surface area contributed by atoms with E-state index in [4.69, 9.17) is 76.6 Å². The molecule has 0 heterocycles. The van der Waals surface area contributed by atoms with Gasteiger partial charge in [-0.05, 0) is 0 Å². The number of nitrogens with zero attached hydrogens (tertiary/aromatic N) is 5. The predicted molar refractivity (Wildman–Crippen MR) is 51.8 cm³/mol. The normalized spacial score (nSPS) is 5.45. The summed E-state index contributed by atoms with van der Waals surface area (Å²) >= 11 is 0. The molecule has 20 nitrogen and oxygen atoms in total. The quantitative estimate of drug-likeness (QED) is 0.194. The van der Waals surface area contributed by atoms with Crippen molar-refractivity contribution >= 4 is 0 Å². The third kappa shape index (κ3) is 1960. The third-order valence-corrected chi connectivity index (χ3v) is 0. The standard InChI is InChI=1S/K.Mo.5NO3/c;;5*2-1(3)4/q+1;+4;5*-1. The largest absolute Gasteiger partial charge is 4.00 e. The molecule has 0 aliphatic carbocycles. The molecule has 0 aliphatic rings. The van der Waals surface area contributed by atoms with Crippen LogP contribution in [0.2, 0.25) is 0 Å². The van der Waals surface area contributed by atoms with Gasteiger partial charge in [0.05, 0.1) is 25.4 Å². The minimum atomic E-state index is -1.75. The van der Waals surface area contributed by atoms with E-state index in [0.29, 0.717) is 0 Å². The number of hydrogen-bond acceptors (Lipinski definition) is 15. The van der Waals surface area contributed by atoms with Crippen molar-refractivity contribution in [1.82, 2.24) is 0 Å². The van der Waals surface area contributed by atoms with Crippen LogP contribution in [0.1, 0.15) is 0 Å². The fourth-order valence-corrected chi connectivity index (χ4v) is 0. The zero-order valence-electron chi connectivity index (χ0n) is 9.77. The fourth-order valence-electron chi connectivity index (χ4n) is 0. The maximum atomic E-state index is 8.25. The zero-order chi connectivity index (χ0) is 17.9. The Bertz CT molecular complexity index is 213. The molecule has 22 heteroatoms. The molecule has 0 aromatic carbocycles. The summed E-state index contributed by atoms with van der Waals surface area (Å²) in [5.74, 6) is 0. The smallest absolute Gasteiger partial charge is 0.356 e. The Hall–Kier alpha value is -1.68. The summed E-state index contributed by atoms with van der Waals surface area (Å²) < 4.78 is 0. The molecule has 0 bridgehead atoms. The molecular formula is KMoN5O15. The Morgan fingerprint density at radius 2 is 0.364 bits per heavy atom. The molecule has 0 N–H and O–H groups in total. The van der Waals surface area contributed by atoms with Crippen molar-refractivity contribution in [1.29, 1.82) is 0 Å². The Morgan fingerprint density at radius 1 is 0.364 bits per heavy atom. The molecule has 0 spiro atoms. The van der Waals surface area contributed by atoms with Crippen molar-refractivity contribution in [3.8, 4) is 0 Å². The van der Waals surface area contributed by atoms with Crippen LogP contribution in [0.25, 0.3) is 0 Å². The molecular weight excluding hydrogens is 445 g/mol. The average Bonchev–Trinajstić information content (AvgIpc) is 1.94. The Balaban J connectivity index is -0.0000000250. The van der Waals surface area contributed by atoms with Gasteiger partial charge in [-0.2, -0.15) is 0 Å². The fraction of sp³-hybridized carbons (Fsp3) is 0. The van der Waals surface area contributed by atoms with Crippen LogP contribution in [0.4, 0.5) is 0 Å². The van der Waals surface area contributed by atoms with Gasteiger partial charge in [-0.3, -0.25) is 0 Å². The second-order valence-corrected chi connectivity index (χ2v) is 1.12. The van der Waals surface area contributed by atoms with Gasteiger partial charge in [-0.1, -0.05) is 0 Å². The van der Waals surface area contributed by atoms with E-state index in [-0.39, 0.29) is 72.4 Å². The SMILES string of the molecule is O=[N+]([O-])[O-].O=[N+]([O-])[O-].O=[N+]([O-])[O-].O=[N+]([O-])[O-].O=[N+]([O-])[O-].[K+].[Mo+4]. The average molecular weight is 445 g/mol. The summed E-state index contributed by atoms with van der Waals surface area (Å²) in [5, 5.41) is 73.8. The van der Waals surface area contributed by atoms with Crippen molar-refractivity contribution in [2.24, 2.45) is 0 Å². The summed E-state index contributed by atoms with van der Waals surface area (Å²) in [7, 11) is 0. The topological polar surface area (TPSA) is 331 Å². The minimum absolute atomic E-state index is 0. The van der Waals surface area contributed by atoms with Crippen LogP contribution in [0, 0.1) is 76.6 Å². The Kier molecular flexibility index (Phi) is 71.0. The molecule has 0 fully saturated rings. The van der Waals surface area contributed by atoms with Gasteiger partial charge in [0.2, 0.25) is 0 Å². The molecule has 0 amide bonds. The first-order valence-corrected chi connectivity index (χ1v) is 2.74. The third-order valence-electron chi connectivity index (χ3n) is 0. The van der Waals surface area contributed by atoms with Gasteiger partial charge in [-0.15, -0.1) is 0 Å². The second kappa shape index (κ2) is 36.5. The Morgan fingerprint density at radius 3 is 0.364 bits per heavy atom. The summed E-state index contributed by atoms with van der Waals surface area (Å²) in [5.41, 5.74) is 0. The molecule has 0 atom stereocenters. The van der Waals surface area contributed by atoms with Gasteiger partial charge in [0, 0.05) is 0 Å². The van der Waals surface area contributed by atoms with Crippen LogP contribution in [-0.2, 0) is 21.1 Å². The second-order valence-electron chi connectivity index (χ2n) is 1.12. The van der Waals surface area contributed by atoms with Crippen molar-refractivity contribution in [3.05, 3.63) is 76.6 Å². The van der Waals surface area contributed by atoms with E-state index in [2.05, 4.69) is 0 Å². The van der Waals surface area contributed by atoms with E-state index in [9.17, 15) is 0 Å². The summed E-state index contributed by atoms with van der Waals surface area (Å²) in [6.07, 6.45) is 0. The molecule has 0 saturated heterocycles. The zero-order valence-corrected chi connectivity index (χ0v) is 14.9. The molecule has 0 saturated carbocycles. The molecule has 0 aliphatic heterocycles. The summed E-state index contributed by atoms with van der Waals surface area (Å²) in [6, 6.07) is 0. The molecule has 0 aromatic heterocycles. The van der Waals surface area contributed by atoms with Crippen molar-refractivity contribution < 1.29 is 97.9 Å². The van der Waals surface area contributed by atoms with Crippen LogP contribution >= 0.6 is 0 Å². The maximum absolute atomic E-state index is 8.25. The molecule has 0 radical (unpaired) electrons. The maximum Gasteiger partial charge on any atom is 4.00 e. The molecule has 122 valence electrons. The van der Waals surface area contributed by atoms with Gasteiger partial charge in [0.25, 0.3) is 0 Å². The number of hydrogen-bond donors (Lipinski definition) is 0. The van der Waals surface area contributed by atoms with Crippen molar-refractivity contribution in [3.63, 3.8) is 0 Å². The van der Waals surface area contributed by atoms with Crippen LogP contribution < -0.4 is 51.4 Å². The minimum Gasteiger partial charge on any atom is -0.356 e. The predicted octanol–water partition coefficient (Wildman–Crippen LogP) is -4.19. The van der Waals surface area contributed by atoms with Crippen LogP contribution in [0.3, 0.4) is 0 Å². The first-order chi connectivity index (χ1) is 8.66. The van der Waals surface area contributed by atoms with Crippen molar-refractivity contribution in [2.45, 2.75) is 0 Å². The van der Waals surface area contributed by atoms with Gasteiger partial charge in [0.1, 0.15) is 0 Å². The first kappa shape index (κ1) is 42.7. The van der Waals surface area contributed by atoms with Crippen molar-refractivity contribution in [2.75, 3.05) is 0 Å². The van der Waals surface area contributed by atoms with E-state index >= 15 is 0 Å². The molecule has 22 heavy (non-hydrogen) atoms. The van der Waals surface area contributed by atoms with Crippen LogP contribution in [-0.4, -0.2) is 25.4 Å². The van der Waals surface area contributed by atoms with E-state index in [1.807, 2.05) is 0 Å². The van der Waals surface area contributed by atoms with E-state index < -0.39 is 25.4 Å². The number of rotatable bonds is 0. The summed E-state index contributed by atoms with van der Waals surface area (Å²) in [4.78, 5) is 41.2. The molecule has 0 rings (SSSR count). The molecule has 0 unspecified atom stereocenters. The Labute approximate surface area is 173 Å². The van der Waals surface area contributed by atoms with Gasteiger partial charge in [0.15, 0.2) is 0 Å². The van der Waals surface area contributed by atoms with E-state index in [1.165, 1.54) is 0 Å². The van der Waals surface area contributed by atoms with Gasteiger partial charge >= 0.3 is 72.4 Å². The van der Waals surface area contributed by atoms with Gasteiger partial charge < -0.3 is 76.6 Å². The van der Waals surface area contributed by atoms with Crippen LogP contribution in [0.5, 0.6) is 0 Å². The van der Waals surface area contributed by atoms with E-state index in [0.717, 1.165) is 0 Å². The summed E-state index contributed by atoms with van der Waals surface area (Å²) in [6.45, 7) is 0. The van der Waals surface area contributed by atoms with Crippen LogP contribution in [0.15, 0.2) is 0 Å². The van der Waals surface area contributed by atoms with E-state index in [1.54, 1.807) is 0 Å². The van der Waals surface area contributed by atoms with Gasteiger partial charge in [-0.25, -0.2) is 0 Å².